The van der Waals surface area contributed by atoms with Crippen LogP contribution in [0.4, 0.5) is 15.9 Å². The summed E-state index contributed by atoms with van der Waals surface area (Å²) >= 11 is 0. The molecule has 0 aliphatic rings. The Labute approximate surface area is 117 Å². The molecule has 0 N–H and O–H groups in total. The van der Waals surface area contributed by atoms with Crippen LogP contribution in [0.25, 0.3) is 0 Å². The maximum Gasteiger partial charge on any atom is 0.187 e. The molecular formula is C15H15FN4. The third kappa shape index (κ3) is 2.91. The van der Waals surface area contributed by atoms with E-state index in [9.17, 15) is 4.39 Å². The molecule has 0 amide bonds. The molecule has 0 aliphatic heterocycles. The van der Waals surface area contributed by atoms with Gasteiger partial charge in [-0.25, -0.2) is 14.4 Å². The lowest BCUT2D eigenvalue weighted by atomic mass is 10.2. The van der Waals surface area contributed by atoms with Crippen molar-refractivity contribution >= 4 is 11.5 Å². The Morgan fingerprint density at radius 1 is 1.25 bits per heavy atom. The molecule has 2 rings (SSSR count). The SMILES string of the molecule is CCc1ncnc(N(CCC#N)c2ccccc2)c1F. The number of halogens is 1. The van der Waals surface area contributed by atoms with Gasteiger partial charge in [0.1, 0.15) is 6.33 Å². The van der Waals surface area contributed by atoms with Crippen molar-refractivity contribution in [2.75, 3.05) is 11.4 Å². The highest BCUT2D eigenvalue weighted by Gasteiger charge is 2.17. The molecule has 4 nitrogen and oxygen atoms in total. The van der Waals surface area contributed by atoms with Crippen LogP contribution in [-0.2, 0) is 6.42 Å². The van der Waals surface area contributed by atoms with Gasteiger partial charge in [-0.2, -0.15) is 5.26 Å². The van der Waals surface area contributed by atoms with Gasteiger partial charge in [0, 0.05) is 12.2 Å². The van der Waals surface area contributed by atoms with E-state index in [4.69, 9.17) is 5.26 Å². The number of para-hydroxylation sites is 1. The molecule has 0 fully saturated rings. The van der Waals surface area contributed by atoms with Crippen LogP contribution < -0.4 is 4.90 Å². The van der Waals surface area contributed by atoms with Gasteiger partial charge in [0.2, 0.25) is 0 Å². The first kappa shape index (κ1) is 13.9. The summed E-state index contributed by atoms with van der Waals surface area (Å²) in [6, 6.07) is 11.4. The minimum Gasteiger partial charge on any atom is -0.323 e. The van der Waals surface area contributed by atoms with Gasteiger partial charge >= 0.3 is 0 Å². The van der Waals surface area contributed by atoms with Crippen molar-refractivity contribution in [3.8, 4) is 6.07 Å². The smallest absolute Gasteiger partial charge is 0.187 e. The van der Waals surface area contributed by atoms with Gasteiger partial charge in [0.25, 0.3) is 0 Å². The Bertz CT molecular complexity index is 607. The van der Waals surface area contributed by atoms with Gasteiger partial charge in [-0.1, -0.05) is 25.1 Å². The van der Waals surface area contributed by atoms with Crippen LogP contribution in [0.1, 0.15) is 19.0 Å². The summed E-state index contributed by atoms with van der Waals surface area (Å²) < 4.78 is 14.4. The summed E-state index contributed by atoms with van der Waals surface area (Å²) in [5.41, 5.74) is 1.19. The number of nitrogens with zero attached hydrogens (tertiary/aromatic N) is 4. The topological polar surface area (TPSA) is 52.8 Å². The van der Waals surface area contributed by atoms with Crippen LogP contribution in [0.2, 0.25) is 0 Å². The molecule has 5 heteroatoms. The third-order valence-electron chi connectivity index (χ3n) is 2.95. The Balaban J connectivity index is 2.44. The van der Waals surface area contributed by atoms with Crippen molar-refractivity contribution in [2.45, 2.75) is 19.8 Å². The van der Waals surface area contributed by atoms with Crippen molar-refractivity contribution in [3.05, 3.63) is 48.2 Å². The summed E-state index contributed by atoms with van der Waals surface area (Å²) in [4.78, 5) is 9.69. The Morgan fingerprint density at radius 3 is 2.65 bits per heavy atom. The van der Waals surface area contributed by atoms with Crippen LogP contribution in [0.5, 0.6) is 0 Å². The summed E-state index contributed by atoms with van der Waals surface area (Å²) in [6.45, 7) is 2.23. The normalized spacial score (nSPS) is 10.1. The molecule has 1 aromatic heterocycles. The average molecular weight is 270 g/mol. The molecule has 1 heterocycles. The van der Waals surface area contributed by atoms with Gasteiger partial charge in [-0.3, -0.25) is 0 Å². The van der Waals surface area contributed by atoms with E-state index >= 15 is 0 Å². The van der Waals surface area contributed by atoms with E-state index in [2.05, 4.69) is 16.0 Å². The first-order chi connectivity index (χ1) is 9.77. The fourth-order valence-corrected chi connectivity index (χ4v) is 1.96. The van der Waals surface area contributed by atoms with Gasteiger partial charge in [-0.15, -0.1) is 0 Å². The molecule has 20 heavy (non-hydrogen) atoms. The standard InChI is InChI=1S/C15H15FN4/c1-2-13-14(16)15(19-11-18-13)20(10-6-9-17)12-7-4-3-5-8-12/h3-5,7-8,11H,2,6,10H2,1H3. The zero-order valence-electron chi connectivity index (χ0n) is 11.3. The number of rotatable bonds is 5. The highest BCUT2D eigenvalue weighted by molar-refractivity contribution is 5.60. The van der Waals surface area contributed by atoms with Crippen molar-refractivity contribution in [2.24, 2.45) is 0 Å². The molecule has 0 aliphatic carbocycles. The second kappa shape index (κ2) is 6.62. The van der Waals surface area contributed by atoms with E-state index < -0.39 is 5.82 Å². The van der Waals surface area contributed by atoms with E-state index in [0.29, 0.717) is 25.1 Å². The fraction of sp³-hybridized carbons (Fsp3) is 0.267. The molecular weight excluding hydrogens is 255 g/mol. The highest BCUT2D eigenvalue weighted by Crippen LogP contribution is 2.26. The number of aryl methyl sites for hydroxylation is 1. The van der Waals surface area contributed by atoms with Crippen LogP contribution in [0.3, 0.4) is 0 Å². The van der Waals surface area contributed by atoms with Crippen LogP contribution >= 0.6 is 0 Å². The molecule has 1 aromatic carbocycles. The maximum atomic E-state index is 14.4. The monoisotopic (exact) mass is 270 g/mol. The summed E-state index contributed by atoms with van der Waals surface area (Å²) in [5.74, 6) is -0.199. The molecule has 0 saturated carbocycles. The van der Waals surface area contributed by atoms with E-state index in [1.165, 1.54) is 6.33 Å². The first-order valence-electron chi connectivity index (χ1n) is 6.46. The molecule has 102 valence electrons. The molecule has 0 spiro atoms. The summed E-state index contributed by atoms with van der Waals surface area (Å²) in [7, 11) is 0. The molecule has 2 aromatic rings. The molecule has 0 radical (unpaired) electrons. The Kier molecular flexibility index (Phi) is 4.61. The number of aromatic nitrogens is 2. The van der Waals surface area contributed by atoms with Crippen molar-refractivity contribution in [1.82, 2.24) is 9.97 Å². The van der Waals surface area contributed by atoms with Gasteiger partial charge in [0.15, 0.2) is 11.6 Å². The average Bonchev–Trinajstić information content (AvgIpc) is 2.50. The number of hydrogen-bond acceptors (Lipinski definition) is 4. The second-order valence-corrected chi connectivity index (χ2v) is 4.21. The molecule has 0 atom stereocenters. The minimum absolute atomic E-state index is 0.221. The number of hydrogen-bond donors (Lipinski definition) is 0. The van der Waals surface area contributed by atoms with Crippen molar-refractivity contribution in [3.63, 3.8) is 0 Å². The van der Waals surface area contributed by atoms with E-state index in [1.54, 1.807) is 4.90 Å². The lowest BCUT2D eigenvalue weighted by Crippen LogP contribution is -2.21. The predicted molar refractivity (Wildman–Crippen MR) is 75.0 cm³/mol. The predicted octanol–water partition coefficient (Wildman–Crippen LogP) is 3.23. The zero-order chi connectivity index (χ0) is 14.4. The molecule has 0 saturated heterocycles. The zero-order valence-corrected chi connectivity index (χ0v) is 11.3. The first-order valence-corrected chi connectivity index (χ1v) is 6.46. The maximum absolute atomic E-state index is 14.4. The quantitative estimate of drug-likeness (QED) is 0.837. The van der Waals surface area contributed by atoms with E-state index in [1.807, 2.05) is 37.3 Å². The summed E-state index contributed by atoms with van der Waals surface area (Å²) in [5, 5.41) is 8.78. The van der Waals surface area contributed by atoms with Crippen molar-refractivity contribution < 1.29 is 4.39 Å². The molecule has 0 unspecified atom stereocenters. The number of anilines is 2. The third-order valence-corrected chi connectivity index (χ3v) is 2.95. The Hall–Kier alpha value is -2.48. The molecule has 0 bridgehead atoms. The van der Waals surface area contributed by atoms with Gasteiger partial charge < -0.3 is 4.90 Å². The van der Waals surface area contributed by atoms with Gasteiger partial charge in [0.05, 0.1) is 18.2 Å². The van der Waals surface area contributed by atoms with E-state index in [-0.39, 0.29) is 5.82 Å². The fourth-order valence-electron chi connectivity index (χ4n) is 1.96. The Morgan fingerprint density at radius 2 is 2.00 bits per heavy atom. The van der Waals surface area contributed by atoms with Crippen LogP contribution in [-0.4, -0.2) is 16.5 Å². The van der Waals surface area contributed by atoms with Crippen LogP contribution in [0, 0.1) is 17.1 Å². The largest absolute Gasteiger partial charge is 0.323 e. The minimum atomic E-state index is -0.420. The number of nitriles is 1. The number of benzene rings is 1. The van der Waals surface area contributed by atoms with E-state index in [0.717, 1.165) is 5.69 Å². The van der Waals surface area contributed by atoms with Gasteiger partial charge in [-0.05, 0) is 18.6 Å². The lowest BCUT2D eigenvalue weighted by molar-refractivity contribution is 0.591. The second-order valence-electron chi connectivity index (χ2n) is 4.21. The van der Waals surface area contributed by atoms with Crippen LogP contribution in [0.15, 0.2) is 36.7 Å². The highest BCUT2D eigenvalue weighted by atomic mass is 19.1. The lowest BCUT2D eigenvalue weighted by Gasteiger charge is -2.23. The summed E-state index contributed by atoms with van der Waals surface area (Å²) in [6.07, 6.45) is 2.15. The van der Waals surface area contributed by atoms with Crippen molar-refractivity contribution in [1.29, 1.82) is 5.26 Å².